The van der Waals surface area contributed by atoms with Crippen LogP contribution < -0.4 is 10.6 Å². The third kappa shape index (κ3) is 6.54. The van der Waals surface area contributed by atoms with Crippen LogP contribution in [0.4, 0.5) is 5.69 Å². The van der Waals surface area contributed by atoms with Crippen LogP contribution in [0.15, 0.2) is 41.2 Å². The van der Waals surface area contributed by atoms with Gasteiger partial charge in [-0.1, -0.05) is 26.0 Å². The Balaban J connectivity index is 0.770. The molecule has 5 aliphatic heterocycles. The number of benzene rings is 1. The van der Waals surface area contributed by atoms with Gasteiger partial charge >= 0.3 is 17.9 Å². The van der Waals surface area contributed by atoms with Crippen LogP contribution in [0.3, 0.4) is 0 Å². The van der Waals surface area contributed by atoms with Crippen molar-refractivity contribution in [3.63, 3.8) is 0 Å². The number of Topliss-reactive ketones (excluding diaryl/α,β-unsaturated/α-hetero) is 1. The molecule has 20 heteroatoms. The molecule has 4 saturated carbocycles. The number of esters is 3. The van der Waals surface area contributed by atoms with Crippen molar-refractivity contribution in [2.45, 2.75) is 140 Å². The van der Waals surface area contributed by atoms with E-state index in [-0.39, 0.29) is 81.2 Å². The lowest BCUT2D eigenvalue weighted by Gasteiger charge is -2.73. The molecule has 0 radical (unpaired) electrons. The highest BCUT2D eigenvalue weighted by atomic mass is 16.7. The van der Waals surface area contributed by atoms with Crippen LogP contribution in [0.5, 0.6) is 0 Å². The number of ether oxygens (including phenoxy) is 5. The molecule has 8 fully saturated rings. The number of nitrogens with one attached hydrogen (secondary N) is 2. The van der Waals surface area contributed by atoms with Gasteiger partial charge in [-0.3, -0.25) is 43.7 Å². The quantitative estimate of drug-likeness (QED) is 0.109. The molecule has 11 rings (SSSR count). The molecule has 71 heavy (non-hydrogen) atoms. The summed E-state index contributed by atoms with van der Waals surface area (Å²) in [5.74, 6) is -6.35. The summed E-state index contributed by atoms with van der Waals surface area (Å²) >= 11 is 0. The lowest BCUT2D eigenvalue weighted by Crippen LogP contribution is -2.82. The van der Waals surface area contributed by atoms with Crippen LogP contribution >= 0.6 is 0 Å². The third-order valence-electron chi connectivity index (χ3n) is 18.8. The Morgan fingerprint density at radius 2 is 1.68 bits per heavy atom. The van der Waals surface area contributed by atoms with Gasteiger partial charge in [0.1, 0.15) is 17.7 Å². The number of aliphatic hydroxyl groups is 2. The number of epoxide rings is 1. The zero-order valence-electron chi connectivity index (χ0n) is 40.3. The van der Waals surface area contributed by atoms with Crippen molar-refractivity contribution in [2.24, 2.45) is 39.4 Å². The van der Waals surface area contributed by atoms with E-state index in [1.807, 2.05) is 32.0 Å². The van der Waals surface area contributed by atoms with E-state index in [0.717, 1.165) is 11.1 Å². The van der Waals surface area contributed by atoms with Crippen molar-refractivity contribution in [1.82, 2.24) is 15.1 Å². The number of aliphatic hydroxyl groups excluding tert-OH is 2. The van der Waals surface area contributed by atoms with Crippen molar-refractivity contribution in [2.75, 3.05) is 31.6 Å². The summed E-state index contributed by atoms with van der Waals surface area (Å²) < 4.78 is 36.7. The highest BCUT2D eigenvalue weighted by Crippen LogP contribution is 2.83. The van der Waals surface area contributed by atoms with Gasteiger partial charge in [0.15, 0.2) is 11.9 Å². The second-order valence-corrected chi connectivity index (χ2v) is 22.1. The van der Waals surface area contributed by atoms with Crippen molar-refractivity contribution >= 4 is 53.0 Å². The predicted molar refractivity (Wildman–Crippen MR) is 241 cm³/mol. The van der Waals surface area contributed by atoms with E-state index in [0.29, 0.717) is 37.3 Å². The Morgan fingerprint density at radius 3 is 2.38 bits per heavy atom. The highest BCUT2D eigenvalue weighted by Gasteiger charge is 2.92. The van der Waals surface area contributed by atoms with Gasteiger partial charge in [0.05, 0.1) is 60.3 Å². The van der Waals surface area contributed by atoms with Crippen LogP contribution in [0.25, 0.3) is 0 Å². The molecule has 20 nitrogen and oxygen atoms in total. The first-order chi connectivity index (χ1) is 33.7. The smallest absolute Gasteiger partial charge is 0.308 e. The lowest BCUT2D eigenvalue weighted by atomic mass is 9.33. The molecule has 1 spiro atoms. The topological polar surface area (TPSA) is 270 Å². The number of furan rings is 1. The van der Waals surface area contributed by atoms with Crippen LogP contribution in [0.1, 0.15) is 107 Å². The number of ketones is 1. The summed E-state index contributed by atoms with van der Waals surface area (Å²) in [6.45, 7) is 9.08. The fraction of sp³-hybridized carbons (Fsp3) is 0.647. The molecule has 4 N–H and O–H groups in total. The van der Waals surface area contributed by atoms with Crippen molar-refractivity contribution in [3.8, 4) is 0 Å². The molecule has 4 amide bonds. The van der Waals surface area contributed by atoms with E-state index >= 15 is 4.79 Å². The second kappa shape index (κ2) is 16.4. The summed E-state index contributed by atoms with van der Waals surface area (Å²) in [6, 6.07) is 6.54. The zero-order chi connectivity index (χ0) is 50.3. The van der Waals surface area contributed by atoms with Crippen molar-refractivity contribution < 1.29 is 76.7 Å². The molecule has 1 unspecified atom stereocenters. The van der Waals surface area contributed by atoms with E-state index in [1.165, 1.54) is 25.0 Å². The van der Waals surface area contributed by atoms with Crippen LogP contribution in [-0.4, -0.2) is 142 Å². The number of hydrogen-bond acceptors (Lipinski definition) is 17. The molecule has 6 heterocycles. The van der Waals surface area contributed by atoms with Crippen molar-refractivity contribution in [1.29, 1.82) is 0 Å². The number of imide groups is 1. The number of carbonyl (C=O) groups excluding carboxylic acids is 8. The number of likely N-dealkylation sites (tertiary alicyclic amines) is 1. The van der Waals surface area contributed by atoms with Gasteiger partial charge in [0.25, 0.3) is 5.91 Å². The molecule has 15 atom stereocenters. The number of fused-ring (bicyclic) bond motifs is 2. The van der Waals surface area contributed by atoms with Gasteiger partial charge < -0.3 is 53.4 Å². The zero-order valence-corrected chi connectivity index (χ0v) is 40.3. The SMILES string of the molecule is CC(=O)O[C@@H]1C[C@@H](O)[C@@]23CO[C@H](OC(=O)CCC(=O)N4CC(CNc5cccc6c5C(=O)N(C5CCC(=O)NC5=O)C6)C4)[C@]1(C)[C@H]2C[C@@H](O)[C@]1(C)[C@H]3C(=O)[C@H](OC(C)=O)[C@@]2(C)[C@H](c3ccoc3)C[C@@H]3O[C@]321. The van der Waals surface area contributed by atoms with Crippen molar-refractivity contribution in [3.05, 3.63) is 53.5 Å². The maximum absolute atomic E-state index is 15.6. The maximum Gasteiger partial charge on any atom is 0.308 e. The normalized spacial score (nSPS) is 40.8. The fourth-order valence-corrected chi connectivity index (χ4v) is 15.6. The number of carbonyl (C=O) groups is 8. The number of nitrogens with zero attached hydrogens (tertiary/aromatic N) is 2. The minimum atomic E-state index is -1.46. The summed E-state index contributed by atoms with van der Waals surface area (Å²) in [6.07, 6.45) is -3.46. The first kappa shape index (κ1) is 47.6. The summed E-state index contributed by atoms with van der Waals surface area (Å²) in [7, 11) is 0. The minimum Gasteiger partial charge on any atom is -0.472 e. The van der Waals surface area contributed by atoms with E-state index in [1.54, 1.807) is 24.2 Å². The molecular formula is C51H60N4O16. The van der Waals surface area contributed by atoms with Crippen LogP contribution in [-0.2, 0) is 63.8 Å². The van der Waals surface area contributed by atoms with Crippen LogP contribution in [0, 0.1) is 39.4 Å². The Hall–Kier alpha value is -5.70. The number of amides is 4. The first-order valence-corrected chi connectivity index (χ1v) is 24.7. The monoisotopic (exact) mass is 984 g/mol. The van der Waals surface area contributed by atoms with E-state index in [4.69, 9.17) is 28.1 Å². The standard InChI is InChI=1S/C51H60N4O16/c1-24(56)68-35-17-34(59)50-23-67-46(47(35,3)32(50)16-33(58)49(5)42(50)41(63)43(69-25(2)57)48(4)29(28-13-14-66-22-28)15-36-51(48,49)71-36)70-39(62)12-11-38(61)54-19-26(20-54)18-52-30-8-6-7-27-21-55(45(65)40(27)30)31-9-10-37(60)53-44(31)64/h6-8,13-14,22,26,29,31-36,42-43,46,52,58-59H,9-12,15-21,23H2,1-5H3,(H,53,60,64)/t29-,31?,32+,33+,34+,35+,36-,42+,43-,46+,47+,48+,49+,50+,51+/m0/s1. The Morgan fingerprint density at radius 1 is 0.915 bits per heavy atom. The van der Waals surface area contributed by atoms with Crippen LogP contribution in [0.2, 0.25) is 0 Å². The Kier molecular flexibility index (Phi) is 11.0. The summed E-state index contributed by atoms with van der Waals surface area (Å²) in [4.78, 5) is 109. The van der Waals surface area contributed by atoms with Gasteiger partial charge in [-0.25, -0.2) is 0 Å². The molecule has 2 aromatic rings. The molecule has 4 saturated heterocycles. The molecule has 4 aliphatic carbocycles. The molecule has 2 bridgehead atoms. The number of rotatable bonds is 11. The molecule has 380 valence electrons. The minimum absolute atomic E-state index is 0.0150. The van der Waals surface area contributed by atoms with Gasteiger partial charge in [-0.15, -0.1) is 0 Å². The van der Waals surface area contributed by atoms with Gasteiger partial charge in [-0.2, -0.15) is 0 Å². The summed E-state index contributed by atoms with van der Waals surface area (Å²) in [5, 5.41) is 30.9. The van der Waals surface area contributed by atoms with E-state index < -0.39 is 112 Å². The molecule has 1 aromatic heterocycles. The number of hydrogen-bond donors (Lipinski definition) is 4. The fourth-order valence-electron chi connectivity index (χ4n) is 15.6. The third-order valence-corrected chi connectivity index (χ3v) is 18.8. The largest absolute Gasteiger partial charge is 0.472 e. The average Bonchev–Trinajstić information content (AvgIpc) is 3.51. The molecule has 9 aliphatic rings. The summed E-state index contributed by atoms with van der Waals surface area (Å²) in [5.41, 5.74) is -3.90. The van der Waals surface area contributed by atoms with Gasteiger partial charge in [0.2, 0.25) is 24.0 Å². The van der Waals surface area contributed by atoms with Gasteiger partial charge in [-0.05, 0) is 55.4 Å². The molecular weight excluding hydrogens is 925 g/mol. The number of anilines is 1. The van der Waals surface area contributed by atoms with E-state index in [2.05, 4.69) is 10.6 Å². The van der Waals surface area contributed by atoms with E-state index in [9.17, 15) is 43.8 Å². The number of piperidine rings is 1. The predicted octanol–water partition coefficient (Wildman–Crippen LogP) is 2.13. The molecule has 1 aromatic carbocycles. The Labute approximate surface area is 408 Å². The average molecular weight is 985 g/mol. The highest BCUT2D eigenvalue weighted by molar-refractivity contribution is 6.08. The lowest BCUT2D eigenvalue weighted by molar-refractivity contribution is -0.374. The second-order valence-electron chi connectivity index (χ2n) is 22.1. The Bertz CT molecular complexity index is 2640. The van der Waals surface area contributed by atoms with Gasteiger partial charge in [0, 0.05) is 93.6 Å². The first-order valence-electron chi connectivity index (χ1n) is 24.7. The maximum atomic E-state index is 15.6.